The minimum atomic E-state index is 0.525. The molecule has 2 rings (SSSR count). The molecule has 3 nitrogen and oxygen atoms in total. The number of aryl methyl sites for hydroxylation is 1. The predicted molar refractivity (Wildman–Crippen MR) is 69.6 cm³/mol. The molecule has 1 saturated heterocycles. The topological polar surface area (TPSA) is 24.5 Å². The van der Waals surface area contributed by atoms with E-state index in [1.165, 1.54) is 10.6 Å². The van der Waals surface area contributed by atoms with Crippen LogP contribution in [-0.4, -0.2) is 39.4 Å². The van der Waals surface area contributed by atoms with Gasteiger partial charge in [0.25, 0.3) is 0 Å². The van der Waals surface area contributed by atoms with Gasteiger partial charge in [-0.1, -0.05) is 0 Å². The van der Waals surface area contributed by atoms with Gasteiger partial charge in [0, 0.05) is 26.2 Å². The second-order valence-electron chi connectivity index (χ2n) is 4.34. The first-order chi connectivity index (χ1) is 7.77. The standard InChI is InChI=1S/C12H20N2OS/c1-10-4-8-16-12(10)14(2)6-3-11-9-15-7-5-13-11/h4,8,11,13H,3,5-7,9H2,1-2H3. The summed E-state index contributed by atoms with van der Waals surface area (Å²) < 4.78 is 5.45. The van der Waals surface area contributed by atoms with Crippen LogP contribution in [0.15, 0.2) is 11.4 Å². The van der Waals surface area contributed by atoms with Crippen LogP contribution >= 0.6 is 11.3 Å². The van der Waals surface area contributed by atoms with E-state index >= 15 is 0 Å². The van der Waals surface area contributed by atoms with Crippen molar-refractivity contribution in [2.75, 3.05) is 38.3 Å². The van der Waals surface area contributed by atoms with Crippen molar-refractivity contribution in [2.45, 2.75) is 19.4 Å². The van der Waals surface area contributed by atoms with E-state index in [0.29, 0.717) is 6.04 Å². The highest BCUT2D eigenvalue weighted by atomic mass is 32.1. The largest absolute Gasteiger partial charge is 0.379 e. The van der Waals surface area contributed by atoms with E-state index in [-0.39, 0.29) is 0 Å². The maximum absolute atomic E-state index is 5.45. The Morgan fingerprint density at radius 2 is 2.50 bits per heavy atom. The van der Waals surface area contributed by atoms with Gasteiger partial charge in [0.05, 0.1) is 18.2 Å². The average molecular weight is 240 g/mol. The summed E-state index contributed by atoms with van der Waals surface area (Å²) in [5, 5.41) is 7.03. The van der Waals surface area contributed by atoms with E-state index in [1.807, 2.05) is 11.3 Å². The van der Waals surface area contributed by atoms with Crippen LogP contribution in [0.25, 0.3) is 0 Å². The highest BCUT2D eigenvalue weighted by Gasteiger charge is 2.14. The summed E-state index contributed by atoms with van der Waals surface area (Å²) in [6.07, 6.45) is 1.15. The Hall–Kier alpha value is -0.580. The van der Waals surface area contributed by atoms with Gasteiger partial charge in [-0.05, 0) is 30.4 Å². The van der Waals surface area contributed by atoms with Crippen LogP contribution in [0.2, 0.25) is 0 Å². The zero-order valence-corrected chi connectivity index (χ0v) is 10.8. The Bertz CT molecular complexity index is 321. The number of ether oxygens (including phenoxy) is 1. The van der Waals surface area contributed by atoms with Crippen LogP contribution in [0.5, 0.6) is 0 Å². The third kappa shape index (κ3) is 2.97. The fourth-order valence-corrected chi connectivity index (χ4v) is 2.94. The van der Waals surface area contributed by atoms with Crippen molar-refractivity contribution in [2.24, 2.45) is 0 Å². The fourth-order valence-electron chi connectivity index (χ4n) is 2.01. The molecule has 1 fully saturated rings. The minimum absolute atomic E-state index is 0.525. The van der Waals surface area contributed by atoms with Gasteiger partial charge >= 0.3 is 0 Å². The Morgan fingerprint density at radius 3 is 3.12 bits per heavy atom. The quantitative estimate of drug-likeness (QED) is 0.869. The summed E-state index contributed by atoms with van der Waals surface area (Å²) in [4.78, 5) is 2.34. The molecule has 0 spiro atoms. The molecule has 1 aliphatic heterocycles. The zero-order chi connectivity index (χ0) is 11.4. The molecule has 2 heterocycles. The van der Waals surface area contributed by atoms with Gasteiger partial charge < -0.3 is 15.0 Å². The van der Waals surface area contributed by atoms with E-state index in [2.05, 4.69) is 35.6 Å². The van der Waals surface area contributed by atoms with Gasteiger partial charge in [0.15, 0.2) is 0 Å². The van der Waals surface area contributed by atoms with Crippen LogP contribution in [0.3, 0.4) is 0 Å². The number of thiophene rings is 1. The van der Waals surface area contributed by atoms with Crippen LogP contribution in [-0.2, 0) is 4.74 Å². The Labute approximate surface area is 101 Å². The van der Waals surface area contributed by atoms with Crippen molar-refractivity contribution in [1.82, 2.24) is 5.32 Å². The third-order valence-electron chi connectivity index (χ3n) is 2.99. The molecule has 4 heteroatoms. The zero-order valence-electron chi connectivity index (χ0n) is 10.0. The summed E-state index contributed by atoms with van der Waals surface area (Å²) in [6.45, 7) is 5.97. The number of nitrogens with zero attached hydrogens (tertiary/aromatic N) is 1. The molecule has 0 aromatic carbocycles. The van der Waals surface area contributed by atoms with Crippen molar-refractivity contribution >= 4 is 16.3 Å². The predicted octanol–water partition coefficient (Wildman–Crippen LogP) is 1.87. The minimum Gasteiger partial charge on any atom is -0.379 e. The molecule has 1 unspecified atom stereocenters. The van der Waals surface area contributed by atoms with Crippen molar-refractivity contribution in [3.8, 4) is 0 Å². The normalized spacial score (nSPS) is 21.0. The third-order valence-corrected chi connectivity index (χ3v) is 4.12. The molecule has 1 atom stereocenters. The van der Waals surface area contributed by atoms with Crippen LogP contribution < -0.4 is 10.2 Å². The lowest BCUT2D eigenvalue weighted by atomic mass is 10.2. The summed E-state index contributed by atoms with van der Waals surface area (Å²) in [5.41, 5.74) is 1.38. The van der Waals surface area contributed by atoms with Crippen LogP contribution in [0.4, 0.5) is 5.00 Å². The Kier molecular flexibility index (Phi) is 4.21. The number of morpholine rings is 1. The first kappa shape index (κ1) is 11.9. The molecule has 1 N–H and O–H groups in total. The van der Waals surface area contributed by atoms with Gasteiger partial charge in [0.2, 0.25) is 0 Å². The Balaban J connectivity index is 1.79. The molecule has 0 amide bonds. The summed E-state index contributed by atoms with van der Waals surface area (Å²) >= 11 is 1.82. The van der Waals surface area contributed by atoms with Crippen molar-refractivity contribution in [3.63, 3.8) is 0 Å². The van der Waals surface area contributed by atoms with E-state index in [4.69, 9.17) is 4.74 Å². The van der Waals surface area contributed by atoms with Gasteiger partial charge in [0.1, 0.15) is 0 Å². The number of hydrogen-bond donors (Lipinski definition) is 1. The highest BCUT2D eigenvalue weighted by molar-refractivity contribution is 7.14. The summed E-state index contributed by atoms with van der Waals surface area (Å²) in [5.74, 6) is 0. The molecule has 0 saturated carbocycles. The van der Waals surface area contributed by atoms with Crippen LogP contribution in [0.1, 0.15) is 12.0 Å². The average Bonchev–Trinajstić information content (AvgIpc) is 2.74. The van der Waals surface area contributed by atoms with Crippen LogP contribution in [0, 0.1) is 6.92 Å². The number of hydrogen-bond acceptors (Lipinski definition) is 4. The molecule has 1 aromatic heterocycles. The van der Waals surface area contributed by atoms with Crippen molar-refractivity contribution < 1.29 is 4.74 Å². The van der Waals surface area contributed by atoms with Crippen molar-refractivity contribution in [3.05, 3.63) is 17.0 Å². The lowest BCUT2D eigenvalue weighted by molar-refractivity contribution is 0.0749. The van der Waals surface area contributed by atoms with E-state index < -0.39 is 0 Å². The maximum atomic E-state index is 5.45. The van der Waals surface area contributed by atoms with E-state index in [9.17, 15) is 0 Å². The Morgan fingerprint density at radius 1 is 1.62 bits per heavy atom. The smallest absolute Gasteiger partial charge is 0.0935 e. The molecule has 1 aromatic rings. The second kappa shape index (κ2) is 5.66. The van der Waals surface area contributed by atoms with Gasteiger partial charge in [-0.25, -0.2) is 0 Å². The van der Waals surface area contributed by atoms with Crippen molar-refractivity contribution in [1.29, 1.82) is 0 Å². The lowest BCUT2D eigenvalue weighted by Crippen LogP contribution is -2.42. The SMILES string of the molecule is Cc1ccsc1N(C)CCC1COCCN1. The first-order valence-corrected chi connectivity index (χ1v) is 6.71. The number of anilines is 1. The fraction of sp³-hybridized carbons (Fsp3) is 0.667. The molecule has 0 aliphatic carbocycles. The van der Waals surface area contributed by atoms with Gasteiger partial charge in [-0.15, -0.1) is 11.3 Å². The number of nitrogens with one attached hydrogen (secondary N) is 1. The van der Waals surface area contributed by atoms with E-state index in [0.717, 1.165) is 32.7 Å². The monoisotopic (exact) mass is 240 g/mol. The summed E-state index contributed by atoms with van der Waals surface area (Å²) in [6, 6.07) is 2.70. The van der Waals surface area contributed by atoms with E-state index in [1.54, 1.807) is 0 Å². The van der Waals surface area contributed by atoms with Gasteiger partial charge in [-0.2, -0.15) is 0 Å². The second-order valence-corrected chi connectivity index (χ2v) is 5.24. The first-order valence-electron chi connectivity index (χ1n) is 5.83. The molecule has 1 aliphatic rings. The maximum Gasteiger partial charge on any atom is 0.0935 e. The lowest BCUT2D eigenvalue weighted by Gasteiger charge is -2.26. The van der Waals surface area contributed by atoms with Gasteiger partial charge in [-0.3, -0.25) is 0 Å². The molecule has 90 valence electrons. The summed E-state index contributed by atoms with van der Waals surface area (Å²) in [7, 11) is 2.17. The molecular formula is C12H20N2OS. The highest BCUT2D eigenvalue weighted by Crippen LogP contribution is 2.25. The molecule has 0 radical (unpaired) electrons. The molecule has 0 bridgehead atoms. The molecule has 16 heavy (non-hydrogen) atoms. The molecular weight excluding hydrogens is 220 g/mol. The number of rotatable bonds is 4.